The number of piperazine rings is 1. The molecule has 1 aliphatic carbocycles. The van der Waals surface area contributed by atoms with Crippen LogP contribution in [-0.2, 0) is 9.59 Å². The number of nitrogens with zero attached hydrogens (tertiary/aromatic N) is 2. The van der Waals surface area contributed by atoms with Gasteiger partial charge in [0.25, 0.3) is 0 Å². The van der Waals surface area contributed by atoms with Crippen molar-refractivity contribution in [2.24, 2.45) is 5.41 Å². The molecule has 0 bridgehead atoms. The summed E-state index contributed by atoms with van der Waals surface area (Å²) in [7, 11) is 0. The van der Waals surface area contributed by atoms with Gasteiger partial charge in [0.15, 0.2) is 0 Å². The van der Waals surface area contributed by atoms with E-state index >= 15 is 0 Å². The molecule has 0 unspecified atom stereocenters. The van der Waals surface area contributed by atoms with E-state index in [0.717, 1.165) is 18.6 Å². The zero-order valence-electron chi connectivity index (χ0n) is 13.3. The van der Waals surface area contributed by atoms with Crippen molar-refractivity contribution in [1.82, 2.24) is 9.80 Å². The normalized spacial score (nSPS) is 23.6. The number of rotatable bonds is 4. The van der Waals surface area contributed by atoms with E-state index in [1.54, 1.807) is 9.80 Å². The molecule has 21 heavy (non-hydrogen) atoms. The van der Waals surface area contributed by atoms with Crippen molar-refractivity contribution in [2.75, 3.05) is 25.4 Å². The predicted molar refractivity (Wildman–Crippen MR) is 87.4 cm³/mol. The molecular formula is C16H28N2O2S. The lowest BCUT2D eigenvalue weighted by Gasteiger charge is -2.41. The largest absolute Gasteiger partial charge is 0.332 e. The second kappa shape index (κ2) is 7.03. The Hall–Kier alpha value is -0.710. The van der Waals surface area contributed by atoms with Crippen molar-refractivity contribution in [3.8, 4) is 0 Å². The van der Waals surface area contributed by atoms with Crippen LogP contribution in [0, 0.1) is 5.41 Å². The molecule has 1 saturated carbocycles. The molecule has 0 radical (unpaired) electrons. The van der Waals surface area contributed by atoms with Gasteiger partial charge in [0.05, 0.1) is 0 Å². The standard InChI is InChI=1S/C16H28N2O2S/c1-13(2)18-10-9-17(14(19)15(18)20)11-16(12-21)7-5-3-4-6-8-16/h13,21H,3-12H2,1-2H3. The molecule has 2 amide bonds. The van der Waals surface area contributed by atoms with E-state index < -0.39 is 0 Å². The summed E-state index contributed by atoms with van der Waals surface area (Å²) in [6.45, 7) is 5.94. The molecule has 4 nitrogen and oxygen atoms in total. The third-order valence-electron chi connectivity index (χ3n) is 4.99. The van der Waals surface area contributed by atoms with Crippen LogP contribution in [0.25, 0.3) is 0 Å². The minimum Gasteiger partial charge on any atom is -0.332 e. The molecule has 0 aromatic heterocycles. The van der Waals surface area contributed by atoms with Gasteiger partial charge in [-0.1, -0.05) is 25.7 Å². The number of amides is 2. The van der Waals surface area contributed by atoms with Gasteiger partial charge in [0, 0.05) is 25.7 Å². The third-order valence-corrected chi connectivity index (χ3v) is 5.66. The van der Waals surface area contributed by atoms with Crippen LogP contribution in [0.15, 0.2) is 0 Å². The summed E-state index contributed by atoms with van der Waals surface area (Å²) in [5, 5.41) is 0. The number of hydrogen-bond acceptors (Lipinski definition) is 3. The lowest BCUT2D eigenvalue weighted by Crippen LogP contribution is -2.58. The number of carbonyl (C=O) groups is 2. The van der Waals surface area contributed by atoms with Crippen LogP contribution < -0.4 is 0 Å². The van der Waals surface area contributed by atoms with Gasteiger partial charge in [0.2, 0.25) is 0 Å². The minimum atomic E-state index is -0.334. The Labute approximate surface area is 133 Å². The van der Waals surface area contributed by atoms with Gasteiger partial charge in [-0.3, -0.25) is 9.59 Å². The summed E-state index contributed by atoms with van der Waals surface area (Å²) in [4.78, 5) is 28.0. The molecule has 1 saturated heterocycles. The average molecular weight is 312 g/mol. The maximum absolute atomic E-state index is 12.4. The summed E-state index contributed by atoms with van der Waals surface area (Å²) in [6.07, 6.45) is 7.25. The Balaban J connectivity index is 2.05. The Morgan fingerprint density at radius 1 is 1.05 bits per heavy atom. The highest BCUT2D eigenvalue weighted by atomic mass is 32.1. The number of thiol groups is 1. The van der Waals surface area contributed by atoms with Gasteiger partial charge < -0.3 is 9.80 Å². The van der Waals surface area contributed by atoms with E-state index in [0.29, 0.717) is 19.6 Å². The van der Waals surface area contributed by atoms with E-state index in [-0.39, 0.29) is 23.3 Å². The van der Waals surface area contributed by atoms with Gasteiger partial charge in [-0.25, -0.2) is 0 Å². The Morgan fingerprint density at radius 3 is 2.19 bits per heavy atom. The van der Waals surface area contributed by atoms with Crippen molar-refractivity contribution in [2.45, 2.75) is 58.4 Å². The highest BCUT2D eigenvalue weighted by Gasteiger charge is 2.39. The summed E-state index contributed by atoms with van der Waals surface area (Å²) in [5.74, 6) is 0.151. The maximum atomic E-state index is 12.4. The SMILES string of the molecule is CC(C)N1CCN(CC2(CS)CCCCCC2)C(=O)C1=O. The van der Waals surface area contributed by atoms with Gasteiger partial charge in [-0.15, -0.1) is 0 Å². The fraction of sp³-hybridized carbons (Fsp3) is 0.875. The third kappa shape index (κ3) is 3.74. The molecule has 120 valence electrons. The van der Waals surface area contributed by atoms with E-state index in [1.165, 1.54) is 25.7 Å². The molecule has 2 aliphatic rings. The first-order valence-electron chi connectivity index (χ1n) is 8.20. The lowest BCUT2D eigenvalue weighted by molar-refractivity contribution is -0.158. The fourth-order valence-electron chi connectivity index (χ4n) is 3.58. The van der Waals surface area contributed by atoms with E-state index in [4.69, 9.17) is 0 Å². The van der Waals surface area contributed by atoms with Gasteiger partial charge in [0.1, 0.15) is 0 Å². The molecule has 0 spiro atoms. The van der Waals surface area contributed by atoms with Crippen LogP contribution >= 0.6 is 12.6 Å². The van der Waals surface area contributed by atoms with E-state index in [1.807, 2.05) is 13.8 Å². The second-order valence-electron chi connectivity index (χ2n) is 6.89. The fourth-order valence-corrected chi connectivity index (χ4v) is 4.00. The first-order chi connectivity index (χ1) is 9.99. The first-order valence-corrected chi connectivity index (χ1v) is 8.83. The summed E-state index contributed by atoms with van der Waals surface area (Å²) < 4.78 is 0. The van der Waals surface area contributed by atoms with Gasteiger partial charge in [-0.05, 0) is 37.9 Å². The van der Waals surface area contributed by atoms with Crippen LogP contribution in [0.2, 0.25) is 0 Å². The van der Waals surface area contributed by atoms with Crippen LogP contribution in [0.1, 0.15) is 52.4 Å². The quantitative estimate of drug-likeness (QED) is 0.492. The molecule has 0 atom stereocenters. The van der Waals surface area contributed by atoms with Gasteiger partial charge in [-0.2, -0.15) is 12.6 Å². The second-order valence-corrected chi connectivity index (χ2v) is 7.21. The molecule has 0 aromatic rings. The summed E-state index contributed by atoms with van der Waals surface area (Å²) in [6, 6.07) is 0.0975. The van der Waals surface area contributed by atoms with Crippen LogP contribution in [0.5, 0.6) is 0 Å². The van der Waals surface area contributed by atoms with Crippen molar-refractivity contribution in [3.05, 3.63) is 0 Å². The minimum absolute atomic E-state index is 0.0975. The zero-order chi connectivity index (χ0) is 15.5. The molecule has 1 aliphatic heterocycles. The van der Waals surface area contributed by atoms with Crippen LogP contribution in [0.4, 0.5) is 0 Å². The Bertz CT molecular complexity index is 390. The van der Waals surface area contributed by atoms with Crippen molar-refractivity contribution >= 4 is 24.4 Å². The summed E-state index contributed by atoms with van der Waals surface area (Å²) >= 11 is 4.57. The number of carbonyl (C=O) groups excluding carboxylic acids is 2. The topological polar surface area (TPSA) is 40.6 Å². The molecule has 1 heterocycles. The Morgan fingerprint density at radius 2 is 1.67 bits per heavy atom. The van der Waals surface area contributed by atoms with Crippen molar-refractivity contribution in [3.63, 3.8) is 0 Å². The predicted octanol–water partition coefficient (Wildman–Crippen LogP) is 2.34. The molecule has 5 heteroatoms. The molecular weight excluding hydrogens is 284 g/mol. The lowest BCUT2D eigenvalue weighted by atomic mass is 9.81. The molecule has 0 aromatic carbocycles. The van der Waals surface area contributed by atoms with Crippen molar-refractivity contribution < 1.29 is 9.59 Å². The van der Waals surface area contributed by atoms with Crippen molar-refractivity contribution in [1.29, 1.82) is 0 Å². The smallest absolute Gasteiger partial charge is 0.312 e. The van der Waals surface area contributed by atoms with E-state index in [2.05, 4.69) is 12.6 Å². The first kappa shape index (κ1) is 16.7. The summed E-state index contributed by atoms with van der Waals surface area (Å²) in [5.41, 5.74) is 0.107. The molecule has 2 rings (SSSR count). The maximum Gasteiger partial charge on any atom is 0.312 e. The van der Waals surface area contributed by atoms with Crippen LogP contribution in [-0.4, -0.2) is 53.0 Å². The van der Waals surface area contributed by atoms with Gasteiger partial charge >= 0.3 is 11.8 Å². The average Bonchev–Trinajstić information content (AvgIpc) is 2.70. The van der Waals surface area contributed by atoms with E-state index in [9.17, 15) is 9.59 Å². The monoisotopic (exact) mass is 312 g/mol. The van der Waals surface area contributed by atoms with Crippen LogP contribution in [0.3, 0.4) is 0 Å². The highest BCUT2D eigenvalue weighted by molar-refractivity contribution is 7.80. The highest BCUT2D eigenvalue weighted by Crippen LogP contribution is 2.37. The number of hydrogen-bond donors (Lipinski definition) is 1. The zero-order valence-corrected chi connectivity index (χ0v) is 14.2. The Kier molecular flexibility index (Phi) is 5.58. The molecule has 0 N–H and O–H groups in total. The molecule has 2 fully saturated rings.